The molecule has 0 spiro atoms. The van der Waals surface area contributed by atoms with Gasteiger partial charge in [0.1, 0.15) is 5.56 Å². The molecule has 0 aliphatic carbocycles. The maximum atomic E-state index is 12.4. The van der Waals surface area contributed by atoms with Crippen LogP contribution in [0.3, 0.4) is 0 Å². The van der Waals surface area contributed by atoms with Gasteiger partial charge >= 0.3 is 5.97 Å². The minimum absolute atomic E-state index is 0.0578. The first-order valence-electron chi connectivity index (χ1n) is 9.09. The number of para-hydroxylation sites is 1. The number of carbonyl (C=O) groups is 2. The maximum absolute atomic E-state index is 12.4. The molecule has 1 aromatic heterocycles. The SMILES string of the molecule is COc1ccc([C@@H]2CC(=O)Nc3c(C(=O)O)cn(-c4ccccc4)c32)cc1OC. The summed E-state index contributed by atoms with van der Waals surface area (Å²) in [6, 6.07) is 14.9. The minimum Gasteiger partial charge on any atom is -0.493 e. The van der Waals surface area contributed by atoms with Gasteiger partial charge in [0.2, 0.25) is 5.91 Å². The number of carbonyl (C=O) groups excluding carboxylic acids is 1. The number of ether oxygens (including phenoxy) is 2. The largest absolute Gasteiger partial charge is 0.493 e. The topological polar surface area (TPSA) is 89.8 Å². The summed E-state index contributed by atoms with van der Waals surface area (Å²) >= 11 is 0. The molecule has 29 heavy (non-hydrogen) atoms. The lowest BCUT2D eigenvalue weighted by Gasteiger charge is -2.26. The molecular weight excluding hydrogens is 372 g/mol. The van der Waals surface area contributed by atoms with Crippen molar-refractivity contribution in [3.63, 3.8) is 0 Å². The molecule has 0 saturated heterocycles. The first-order chi connectivity index (χ1) is 14.0. The Labute approximate surface area is 167 Å². The van der Waals surface area contributed by atoms with E-state index in [0.29, 0.717) is 17.2 Å². The van der Waals surface area contributed by atoms with E-state index in [1.54, 1.807) is 26.5 Å². The van der Waals surface area contributed by atoms with Gasteiger partial charge in [-0.15, -0.1) is 0 Å². The molecule has 7 nitrogen and oxygen atoms in total. The molecule has 1 aliphatic heterocycles. The van der Waals surface area contributed by atoms with Crippen molar-refractivity contribution in [2.24, 2.45) is 0 Å². The van der Waals surface area contributed by atoms with Gasteiger partial charge in [-0.2, -0.15) is 0 Å². The minimum atomic E-state index is -1.09. The highest BCUT2D eigenvalue weighted by Crippen LogP contribution is 2.43. The molecule has 2 heterocycles. The summed E-state index contributed by atoms with van der Waals surface area (Å²) in [6.45, 7) is 0. The number of nitrogens with zero attached hydrogens (tertiary/aromatic N) is 1. The number of hydrogen-bond acceptors (Lipinski definition) is 4. The molecule has 3 aromatic rings. The summed E-state index contributed by atoms with van der Waals surface area (Å²) in [5.41, 5.74) is 2.77. The van der Waals surface area contributed by atoms with Gasteiger partial charge in [0.15, 0.2) is 11.5 Å². The molecule has 1 amide bonds. The Morgan fingerprint density at radius 2 is 1.83 bits per heavy atom. The van der Waals surface area contributed by atoms with Gasteiger partial charge in [-0.05, 0) is 29.8 Å². The third-order valence-corrected chi connectivity index (χ3v) is 5.10. The Bertz CT molecular complexity index is 1090. The number of carboxylic acid groups (broad SMARTS) is 1. The van der Waals surface area contributed by atoms with E-state index in [-0.39, 0.29) is 23.8 Å². The molecule has 2 N–H and O–H groups in total. The van der Waals surface area contributed by atoms with Crippen molar-refractivity contribution in [2.45, 2.75) is 12.3 Å². The number of amides is 1. The maximum Gasteiger partial charge on any atom is 0.339 e. The third-order valence-electron chi connectivity index (χ3n) is 5.10. The first-order valence-corrected chi connectivity index (χ1v) is 9.09. The van der Waals surface area contributed by atoms with Crippen molar-refractivity contribution in [3.05, 3.63) is 71.5 Å². The lowest BCUT2D eigenvalue weighted by Crippen LogP contribution is -2.25. The molecule has 0 bridgehead atoms. The zero-order valence-corrected chi connectivity index (χ0v) is 16.0. The highest BCUT2D eigenvalue weighted by molar-refractivity contribution is 6.04. The second-order valence-corrected chi connectivity index (χ2v) is 6.73. The van der Waals surface area contributed by atoms with E-state index < -0.39 is 5.97 Å². The number of hydrogen-bond donors (Lipinski definition) is 2. The number of carboxylic acids is 1. The first kappa shape index (κ1) is 18.6. The number of nitrogens with one attached hydrogen (secondary N) is 1. The number of fused-ring (bicyclic) bond motifs is 1. The van der Waals surface area contributed by atoms with E-state index in [2.05, 4.69) is 5.32 Å². The summed E-state index contributed by atoms with van der Waals surface area (Å²) in [5, 5.41) is 12.4. The van der Waals surface area contributed by atoms with Crippen LogP contribution in [0.2, 0.25) is 0 Å². The van der Waals surface area contributed by atoms with Crippen LogP contribution in [0.5, 0.6) is 11.5 Å². The summed E-state index contributed by atoms with van der Waals surface area (Å²) in [6.07, 6.45) is 1.75. The lowest BCUT2D eigenvalue weighted by atomic mass is 9.88. The van der Waals surface area contributed by atoms with Crippen molar-refractivity contribution < 1.29 is 24.2 Å². The van der Waals surface area contributed by atoms with Crippen LogP contribution in [0.15, 0.2) is 54.7 Å². The Balaban J connectivity index is 1.94. The van der Waals surface area contributed by atoms with E-state index in [1.165, 1.54) is 0 Å². The second-order valence-electron chi connectivity index (χ2n) is 6.73. The number of aromatic nitrogens is 1. The zero-order valence-electron chi connectivity index (χ0n) is 16.0. The number of methoxy groups -OCH3 is 2. The highest BCUT2D eigenvalue weighted by atomic mass is 16.5. The molecule has 7 heteroatoms. The van der Waals surface area contributed by atoms with Gasteiger partial charge in [-0.25, -0.2) is 4.79 Å². The smallest absolute Gasteiger partial charge is 0.339 e. The van der Waals surface area contributed by atoms with Crippen LogP contribution in [0, 0.1) is 0 Å². The molecule has 1 aliphatic rings. The van der Waals surface area contributed by atoms with Crippen LogP contribution in [0.4, 0.5) is 5.69 Å². The fraction of sp³-hybridized carbons (Fsp3) is 0.182. The van der Waals surface area contributed by atoms with Crippen LogP contribution in [0.25, 0.3) is 5.69 Å². The summed E-state index contributed by atoms with van der Waals surface area (Å²) in [5.74, 6) is -0.531. The number of rotatable bonds is 5. The Morgan fingerprint density at radius 3 is 2.48 bits per heavy atom. The molecule has 0 saturated carbocycles. The van der Waals surface area contributed by atoms with Gasteiger partial charge < -0.3 is 24.5 Å². The normalized spacial score (nSPS) is 15.4. The molecular formula is C22H20N2O5. The van der Waals surface area contributed by atoms with Crippen LogP contribution < -0.4 is 14.8 Å². The number of aromatic carboxylic acids is 1. The predicted molar refractivity (Wildman–Crippen MR) is 107 cm³/mol. The average Bonchev–Trinajstić information content (AvgIpc) is 3.13. The lowest BCUT2D eigenvalue weighted by molar-refractivity contribution is -0.116. The second kappa shape index (κ2) is 7.35. The van der Waals surface area contributed by atoms with E-state index in [9.17, 15) is 14.7 Å². The summed E-state index contributed by atoms with van der Waals surface area (Å²) in [4.78, 5) is 24.3. The third kappa shape index (κ3) is 3.20. The summed E-state index contributed by atoms with van der Waals surface area (Å²) < 4.78 is 12.6. The van der Waals surface area contributed by atoms with Crippen LogP contribution >= 0.6 is 0 Å². The predicted octanol–water partition coefficient (Wildman–Crippen LogP) is 3.67. The van der Waals surface area contributed by atoms with Crippen molar-refractivity contribution in [3.8, 4) is 17.2 Å². The van der Waals surface area contributed by atoms with Crippen LogP contribution in [0.1, 0.15) is 34.0 Å². The summed E-state index contributed by atoms with van der Waals surface area (Å²) in [7, 11) is 3.11. The molecule has 1 atom stereocenters. The zero-order chi connectivity index (χ0) is 20.5. The highest BCUT2D eigenvalue weighted by Gasteiger charge is 2.34. The van der Waals surface area contributed by atoms with Crippen molar-refractivity contribution >= 4 is 17.6 Å². The van der Waals surface area contributed by atoms with Gasteiger partial charge in [0.25, 0.3) is 0 Å². The van der Waals surface area contributed by atoms with E-state index in [0.717, 1.165) is 16.9 Å². The molecule has 2 aromatic carbocycles. The van der Waals surface area contributed by atoms with E-state index in [4.69, 9.17) is 9.47 Å². The molecule has 148 valence electrons. The fourth-order valence-electron chi connectivity index (χ4n) is 3.78. The molecule has 4 rings (SSSR count). The monoisotopic (exact) mass is 392 g/mol. The van der Waals surface area contributed by atoms with E-state index in [1.807, 2.05) is 47.0 Å². The Hall–Kier alpha value is -3.74. The molecule has 0 radical (unpaired) electrons. The van der Waals surface area contributed by atoms with Crippen molar-refractivity contribution in [1.82, 2.24) is 4.57 Å². The fourth-order valence-corrected chi connectivity index (χ4v) is 3.78. The molecule has 0 unspecified atom stereocenters. The molecule has 0 fully saturated rings. The average molecular weight is 392 g/mol. The van der Waals surface area contributed by atoms with Crippen molar-refractivity contribution in [1.29, 1.82) is 0 Å². The quantitative estimate of drug-likeness (QED) is 0.692. The Kier molecular flexibility index (Phi) is 4.72. The standard InChI is InChI=1S/C22H20N2O5/c1-28-17-9-8-13(10-18(17)29-2)15-11-19(25)23-20-16(22(26)27)12-24(21(15)20)14-6-4-3-5-7-14/h3-10,12,15H,11H2,1-2H3,(H,23,25)(H,26,27)/t15-/m0/s1. The number of benzene rings is 2. The van der Waals surface area contributed by atoms with Crippen LogP contribution in [-0.2, 0) is 4.79 Å². The Morgan fingerprint density at radius 1 is 1.10 bits per heavy atom. The van der Waals surface area contributed by atoms with E-state index >= 15 is 0 Å². The van der Waals surface area contributed by atoms with Crippen molar-refractivity contribution in [2.75, 3.05) is 19.5 Å². The number of anilines is 1. The van der Waals surface area contributed by atoms with Gasteiger partial charge in [0.05, 0.1) is 25.6 Å². The van der Waals surface area contributed by atoms with Gasteiger partial charge in [0, 0.05) is 24.2 Å². The van der Waals surface area contributed by atoms with Gasteiger partial charge in [-0.3, -0.25) is 4.79 Å². The van der Waals surface area contributed by atoms with Crippen LogP contribution in [-0.4, -0.2) is 35.8 Å². The van der Waals surface area contributed by atoms with Gasteiger partial charge in [-0.1, -0.05) is 24.3 Å².